The number of nitrogens with one attached hydrogen (secondary N) is 1. The molecule has 0 aliphatic carbocycles. The molecule has 0 aromatic heterocycles. The molecule has 108 valence electrons. The molecule has 0 aromatic rings. The van der Waals surface area contributed by atoms with Crippen molar-refractivity contribution in [2.24, 2.45) is 0 Å². The van der Waals surface area contributed by atoms with E-state index in [1.807, 2.05) is 0 Å². The molecule has 1 fully saturated rings. The summed E-state index contributed by atoms with van der Waals surface area (Å²) in [5.41, 5.74) is 0. The van der Waals surface area contributed by atoms with E-state index < -0.39 is 0 Å². The number of carbonyl (C=O) groups excluding carboxylic acids is 1. The molecule has 1 aliphatic rings. The van der Waals surface area contributed by atoms with Gasteiger partial charge in [0.1, 0.15) is 6.04 Å². The second-order valence-electron chi connectivity index (χ2n) is 3.89. The van der Waals surface area contributed by atoms with E-state index >= 15 is 0 Å². The molecule has 1 rings (SSSR count). The number of carbonyl (C=O) groups is 1. The second-order valence-corrected chi connectivity index (χ2v) is 3.89. The minimum Gasteiger partial charge on any atom is -0.383 e. The monoisotopic (exact) mass is 282 g/mol. The first kappa shape index (κ1) is 17.6. The van der Waals surface area contributed by atoms with Crippen LogP contribution < -0.4 is 5.32 Å². The summed E-state index contributed by atoms with van der Waals surface area (Å²) < 4.78 is 15.3. The lowest BCUT2D eigenvalue weighted by Gasteiger charge is -2.29. The maximum absolute atomic E-state index is 12.2. The summed E-state index contributed by atoms with van der Waals surface area (Å²) >= 11 is 0. The molecule has 6 nitrogen and oxygen atoms in total. The van der Waals surface area contributed by atoms with Crippen LogP contribution in [0.4, 0.5) is 0 Å². The van der Waals surface area contributed by atoms with Gasteiger partial charge >= 0.3 is 0 Å². The Morgan fingerprint density at radius 1 is 1.33 bits per heavy atom. The maximum Gasteiger partial charge on any atom is 0.242 e. The van der Waals surface area contributed by atoms with Gasteiger partial charge in [-0.2, -0.15) is 0 Å². The number of halogens is 1. The summed E-state index contributed by atoms with van der Waals surface area (Å²) in [5.74, 6) is 0.0544. The molecule has 0 saturated carbocycles. The smallest absolute Gasteiger partial charge is 0.242 e. The predicted molar refractivity (Wildman–Crippen MR) is 70.2 cm³/mol. The van der Waals surface area contributed by atoms with E-state index in [9.17, 15) is 4.79 Å². The van der Waals surface area contributed by atoms with Crippen LogP contribution in [0.15, 0.2) is 0 Å². The van der Waals surface area contributed by atoms with Crippen molar-refractivity contribution in [3.05, 3.63) is 0 Å². The molecule has 0 radical (unpaired) electrons. The largest absolute Gasteiger partial charge is 0.383 e. The minimum absolute atomic E-state index is 0. The van der Waals surface area contributed by atoms with Gasteiger partial charge in [0.15, 0.2) is 0 Å². The summed E-state index contributed by atoms with van der Waals surface area (Å²) in [6.07, 6.45) is 0. The van der Waals surface area contributed by atoms with Crippen molar-refractivity contribution >= 4 is 18.3 Å². The van der Waals surface area contributed by atoms with Gasteiger partial charge < -0.3 is 24.4 Å². The normalized spacial score (nSPS) is 19.1. The zero-order chi connectivity index (χ0) is 12.5. The van der Waals surface area contributed by atoms with Gasteiger partial charge in [-0.05, 0) is 0 Å². The lowest BCUT2D eigenvalue weighted by atomic mass is 10.2. The summed E-state index contributed by atoms with van der Waals surface area (Å²) in [7, 11) is 3.25. The van der Waals surface area contributed by atoms with E-state index in [2.05, 4.69) is 5.32 Å². The van der Waals surface area contributed by atoms with E-state index in [0.717, 1.165) is 6.54 Å². The Morgan fingerprint density at radius 2 is 1.94 bits per heavy atom. The fraction of sp³-hybridized carbons (Fsp3) is 0.909. The van der Waals surface area contributed by atoms with Crippen LogP contribution in [0.3, 0.4) is 0 Å². The van der Waals surface area contributed by atoms with Crippen molar-refractivity contribution in [3.8, 4) is 0 Å². The Kier molecular flexibility index (Phi) is 10.3. The molecule has 1 N–H and O–H groups in total. The molecule has 0 aromatic carbocycles. The van der Waals surface area contributed by atoms with Crippen molar-refractivity contribution in [2.45, 2.75) is 6.04 Å². The Bertz CT molecular complexity index is 217. The molecule has 1 amide bonds. The molecule has 1 unspecified atom stereocenters. The third-order valence-electron chi connectivity index (χ3n) is 2.66. The SMILES string of the molecule is COCCN(CCOC)C(=O)C1COCCN1.Cl. The standard InChI is InChI=1S/C11H22N2O4.ClH/c1-15-7-4-13(5-8-16-2)11(14)10-9-17-6-3-12-10;/h10,12H,3-9H2,1-2H3;1H. The van der Waals surface area contributed by atoms with E-state index in [1.54, 1.807) is 19.1 Å². The molecule has 1 aliphatic heterocycles. The lowest BCUT2D eigenvalue weighted by molar-refractivity contribution is -0.137. The van der Waals surface area contributed by atoms with Crippen LogP contribution in [-0.2, 0) is 19.0 Å². The first-order chi connectivity index (χ1) is 8.29. The van der Waals surface area contributed by atoms with Gasteiger partial charge in [-0.3, -0.25) is 4.79 Å². The van der Waals surface area contributed by atoms with Crippen LogP contribution in [0.25, 0.3) is 0 Å². The molecule has 1 saturated heterocycles. The topological polar surface area (TPSA) is 60.0 Å². The third-order valence-corrected chi connectivity index (χ3v) is 2.66. The highest BCUT2D eigenvalue weighted by Crippen LogP contribution is 2.00. The Balaban J connectivity index is 0.00000289. The van der Waals surface area contributed by atoms with E-state index in [4.69, 9.17) is 14.2 Å². The number of methoxy groups -OCH3 is 2. The van der Waals surface area contributed by atoms with Gasteiger partial charge in [-0.25, -0.2) is 0 Å². The molecule has 1 heterocycles. The highest BCUT2D eigenvalue weighted by atomic mass is 35.5. The number of morpholine rings is 1. The summed E-state index contributed by atoms with van der Waals surface area (Å²) in [6, 6.07) is -0.238. The van der Waals surface area contributed by atoms with Gasteiger partial charge in [0, 0.05) is 33.9 Å². The molecule has 0 spiro atoms. The number of hydrogen-bond acceptors (Lipinski definition) is 5. The van der Waals surface area contributed by atoms with Crippen molar-refractivity contribution in [3.63, 3.8) is 0 Å². The van der Waals surface area contributed by atoms with Crippen molar-refractivity contribution in [2.75, 3.05) is 60.3 Å². The number of ether oxygens (including phenoxy) is 3. The van der Waals surface area contributed by atoms with Gasteiger partial charge in [0.25, 0.3) is 0 Å². The average Bonchev–Trinajstić information content (AvgIpc) is 2.39. The molecular weight excluding hydrogens is 260 g/mol. The first-order valence-electron chi connectivity index (χ1n) is 5.87. The summed E-state index contributed by atoms with van der Waals surface area (Å²) in [6.45, 7) is 4.05. The van der Waals surface area contributed by atoms with E-state index in [1.165, 1.54) is 0 Å². The minimum atomic E-state index is -0.238. The van der Waals surface area contributed by atoms with Crippen LogP contribution in [0.5, 0.6) is 0 Å². The van der Waals surface area contributed by atoms with Crippen molar-refractivity contribution in [1.29, 1.82) is 0 Å². The van der Waals surface area contributed by atoms with E-state index in [0.29, 0.717) is 39.5 Å². The maximum atomic E-state index is 12.2. The fourth-order valence-electron chi connectivity index (χ4n) is 1.68. The molecule has 1 atom stereocenters. The highest BCUT2D eigenvalue weighted by molar-refractivity contribution is 5.85. The molecule has 7 heteroatoms. The van der Waals surface area contributed by atoms with Gasteiger partial charge in [0.2, 0.25) is 5.91 Å². The quantitative estimate of drug-likeness (QED) is 0.683. The van der Waals surface area contributed by atoms with Gasteiger partial charge in [-0.15, -0.1) is 12.4 Å². The number of hydrogen-bond donors (Lipinski definition) is 1. The highest BCUT2D eigenvalue weighted by Gasteiger charge is 2.25. The number of nitrogens with zero attached hydrogens (tertiary/aromatic N) is 1. The summed E-state index contributed by atoms with van der Waals surface area (Å²) in [4.78, 5) is 13.9. The lowest BCUT2D eigenvalue weighted by Crippen LogP contribution is -2.53. The number of amides is 1. The zero-order valence-electron chi connectivity index (χ0n) is 11.0. The van der Waals surface area contributed by atoms with E-state index in [-0.39, 0.29) is 24.4 Å². The van der Waals surface area contributed by atoms with Crippen LogP contribution >= 0.6 is 12.4 Å². The van der Waals surface area contributed by atoms with Crippen LogP contribution in [0, 0.1) is 0 Å². The van der Waals surface area contributed by atoms with Crippen molar-refractivity contribution < 1.29 is 19.0 Å². The zero-order valence-corrected chi connectivity index (χ0v) is 11.8. The Hall–Kier alpha value is -0.400. The first-order valence-corrected chi connectivity index (χ1v) is 5.87. The predicted octanol–water partition coefficient (Wildman–Crippen LogP) is -0.482. The summed E-state index contributed by atoms with van der Waals surface area (Å²) in [5, 5.41) is 3.15. The molecular formula is C11H23ClN2O4. The Labute approximate surface area is 114 Å². The Morgan fingerprint density at radius 3 is 2.39 bits per heavy atom. The van der Waals surface area contributed by atoms with Crippen molar-refractivity contribution in [1.82, 2.24) is 10.2 Å². The third kappa shape index (κ3) is 5.97. The van der Waals surface area contributed by atoms with Gasteiger partial charge in [0.05, 0.1) is 26.4 Å². The second kappa shape index (κ2) is 10.5. The average molecular weight is 283 g/mol. The van der Waals surface area contributed by atoms with Crippen LogP contribution in [0.2, 0.25) is 0 Å². The fourth-order valence-corrected chi connectivity index (χ4v) is 1.68. The number of rotatable bonds is 7. The van der Waals surface area contributed by atoms with Crippen LogP contribution in [-0.4, -0.2) is 77.1 Å². The van der Waals surface area contributed by atoms with Gasteiger partial charge in [-0.1, -0.05) is 0 Å². The molecule has 18 heavy (non-hydrogen) atoms. The molecule has 0 bridgehead atoms. The van der Waals surface area contributed by atoms with Crippen LogP contribution in [0.1, 0.15) is 0 Å².